The van der Waals surface area contributed by atoms with Crippen molar-refractivity contribution in [2.75, 3.05) is 19.6 Å². The van der Waals surface area contributed by atoms with Gasteiger partial charge >= 0.3 is 0 Å². The topological polar surface area (TPSA) is 20.3 Å². The second kappa shape index (κ2) is 5.22. The number of carbonyl (C=O) groups is 1. The summed E-state index contributed by atoms with van der Waals surface area (Å²) >= 11 is 0. The maximum absolute atomic E-state index is 12.7. The van der Waals surface area contributed by atoms with E-state index in [1.54, 1.807) is 0 Å². The van der Waals surface area contributed by atoms with Crippen molar-refractivity contribution < 1.29 is 4.79 Å². The molecule has 0 spiro atoms. The Bertz CT molecular complexity index is 690. The molecule has 2 nitrogen and oxygen atoms in total. The van der Waals surface area contributed by atoms with E-state index in [2.05, 4.69) is 49.1 Å². The molecule has 0 aromatic heterocycles. The number of ketones is 1. The van der Waals surface area contributed by atoms with Crippen LogP contribution in [0.15, 0.2) is 42.0 Å². The summed E-state index contributed by atoms with van der Waals surface area (Å²) in [5, 5.41) is 2.25. The van der Waals surface area contributed by atoms with Crippen molar-refractivity contribution >= 4 is 22.6 Å². The lowest BCUT2D eigenvalue weighted by Crippen LogP contribution is -2.28. The van der Waals surface area contributed by atoms with E-state index in [0.29, 0.717) is 0 Å². The Labute approximate surface area is 119 Å². The lowest BCUT2D eigenvalue weighted by atomic mass is 9.88. The van der Waals surface area contributed by atoms with Crippen LogP contribution in [0.3, 0.4) is 0 Å². The Morgan fingerprint density at radius 2 is 1.70 bits per heavy atom. The fourth-order valence-electron chi connectivity index (χ4n) is 2.91. The molecule has 0 radical (unpaired) electrons. The van der Waals surface area contributed by atoms with Gasteiger partial charge in [0, 0.05) is 23.1 Å². The molecular weight excluding hydrogens is 246 g/mol. The predicted molar refractivity (Wildman–Crippen MR) is 84.0 cm³/mol. The smallest absolute Gasteiger partial charge is 0.190 e. The van der Waals surface area contributed by atoms with Crippen LogP contribution in [0.5, 0.6) is 0 Å². The van der Waals surface area contributed by atoms with Gasteiger partial charge in [0.15, 0.2) is 5.78 Å². The third kappa shape index (κ3) is 2.06. The molecule has 1 aliphatic carbocycles. The highest BCUT2D eigenvalue weighted by atomic mass is 16.1. The van der Waals surface area contributed by atoms with E-state index in [0.717, 1.165) is 41.5 Å². The summed E-state index contributed by atoms with van der Waals surface area (Å²) in [6, 6.07) is 12.2. The predicted octanol–water partition coefficient (Wildman–Crippen LogP) is 3.76. The van der Waals surface area contributed by atoms with Crippen LogP contribution >= 0.6 is 0 Å². The van der Waals surface area contributed by atoms with E-state index in [4.69, 9.17) is 0 Å². The molecule has 0 saturated carbocycles. The highest BCUT2D eigenvalue weighted by molar-refractivity contribution is 6.22. The number of Topliss-reactive ketones (excluding diaryl/α,β-unsaturated/α-hetero) is 1. The van der Waals surface area contributed by atoms with Gasteiger partial charge in [0.25, 0.3) is 0 Å². The largest absolute Gasteiger partial charge is 0.299 e. The quantitative estimate of drug-likeness (QED) is 0.839. The van der Waals surface area contributed by atoms with Crippen molar-refractivity contribution in [2.45, 2.75) is 13.8 Å². The van der Waals surface area contributed by atoms with Crippen molar-refractivity contribution in [3.8, 4) is 0 Å². The standard InChI is InChI=1S/C18H19NO/c1-3-19(4-2)12-15-11-14-9-5-7-13-8-6-10-16(17(13)14)18(15)20/h5-11H,3-4,12H2,1-2H3. The molecule has 0 atom stereocenters. The van der Waals surface area contributed by atoms with Crippen molar-refractivity contribution in [3.05, 3.63) is 53.1 Å². The molecule has 0 aliphatic heterocycles. The molecule has 0 amide bonds. The van der Waals surface area contributed by atoms with Crippen LogP contribution in [0.25, 0.3) is 16.8 Å². The van der Waals surface area contributed by atoms with Gasteiger partial charge in [0.1, 0.15) is 0 Å². The molecule has 2 heteroatoms. The summed E-state index contributed by atoms with van der Waals surface area (Å²) < 4.78 is 0. The Morgan fingerprint density at radius 3 is 2.40 bits per heavy atom. The maximum Gasteiger partial charge on any atom is 0.190 e. The number of hydrogen-bond donors (Lipinski definition) is 0. The van der Waals surface area contributed by atoms with Gasteiger partial charge in [-0.2, -0.15) is 0 Å². The molecular formula is C18H19NO. The zero-order chi connectivity index (χ0) is 14.1. The normalized spacial score (nSPS) is 13.9. The van der Waals surface area contributed by atoms with Gasteiger partial charge in [-0.1, -0.05) is 50.2 Å². The number of likely N-dealkylation sites (N-methyl/N-ethyl adjacent to an activating group) is 1. The van der Waals surface area contributed by atoms with Gasteiger partial charge in [0.2, 0.25) is 0 Å². The van der Waals surface area contributed by atoms with E-state index < -0.39 is 0 Å². The summed E-state index contributed by atoms with van der Waals surface area (Å²) in [4.78, 5) is 15.0. The first-order valence-electron chi connectivity index (χ1n) is 7.24. The second-order valence-electron chi connectivity index (χ2n) is 5.21. The van der Waals surface area contributed by atoms with E-state index >= 15 is 0 Å². The SMILES string of the molecule is CCN(CC)CC1=Cc2cccc3cccc(c23)C1=O. The molecule has 102 valence electrons. The van der Waals surface area contributed by atoms with Gasteiger partial charge in [-0.25, -0.2) is 0 Å². The summed E-state index contributed by atoms with van der Waals surface area (Å²) in [5.74, 6) is 0.182. The fourth-order valence-corrected chi connectivity index (χ4v) is 2.91. The Morgan fingerprint density at radius 1 is 1.00 bits per heavy atom. The Kier molecular flexibility index (Phi) is 3.41. The molecule has 0 bridgehead atoms. The van der Waals surface area contributed by atoms with Gasteiger partial charge in [-0.05, 0) is 30.1 Å². The average Bonchev–Trinajstić information content (AvgIpc) is 2.49. The Balaban J connectivity index is 2.10. The summed E-state index contributed by atoms with van der Waals surface area (Å²) in [6.07, 6.45) is 2.07. The minimum absolute atomic E-state index is 0.182. The van der Waals surface area contributed by atoms with Crippen LogP contribution in [-0.4, -0.2) is 30.3 Å². The third-order valence-corrected chi connectivity index (χ3v) is 4.09. The number of nitrogens with zero attached hydrogens (tertiary/aromatic N) is 1. The van der Waals surface area contributed by atoms with Gasteiger partial charge in [0.05, 0.1) is 0 Å². The minimum Gasteiger partial charge on any atom is -0.299 e. The van der Waals surface area contributed by atoms with Crippen LogP contribution in [0.2, 0.25) is 0 Å². The molecule has 0 N–H and O–H groups in total. The molecule has 0 heterocycles. The first kappa shape index (κ1) is 13.1. The number of carbonyl (C=O) groups excluding carboxylic acids is 1. The van der Waals surface area contributed by atoms with E-state index in [9.17, 15) is 4.79 Å². The van der Waals surface area contributed by atoms with Crippen molar-refractivity contribution in [1.82, 2.24) is 4.90 Å². The fraction of sp³-hybridized carbons (Fsp3) is 0.278. The van der Waals surface area contributed by atoms with Crippen LogP contribution in [0, 0.1) is 0 Å². The molecule has 2 aromatic rings. The summed E-state index contributed by atoms with van der Waals surface area (Å²) in [7, 11) is 0. The Hall–Kier alpha value is -1.93. The van der Waals surface area contributed by atoms with Gasteiger partial charge in [-0.3, -0.25) is 9.69 Å². The van der Waals surface area contributed by atoms with Crippen LogP contribution < -0.4 is 0 Å². The lowest BCUT2D eigenvalue weighted by Gasteiger charge is -2.22. The van der Waals surface area contributed by atoms with Crippen LogP contribution in [-0.2, 0) is 0 Å². The first-order valence-corrected chi connectivity index (χ1v) is 7.24. The van der Waals surface area contributed by atoms with Crippen LogP contribution in [0.4, 0.5) is 0 Å². The molecule has 20 heavy (non-hydrogen) atoms. The van der Waals surface area contributed by atoms with Gasteiger partial charge < -0.3 is 0 Å². The number of rotatable bonds is 4. The maximum atomic E-state index is 12.7. The number of hydrogen-bond acceptors (Lipinski definition) is 2. The third-order valence-electron chi connectivity index (χ3n) is 4.09. The average molecular weight is 265 g/mol. The highest BCUT2D eigenvalue weighted by Crippen LogP contribution is 2.31. The summed E-state index contributed by atoms with van der Waals surface area (Å²) in [6.45, 7) is 6.93. The molecule has 0 unspecified atom stereocenters. The highest BCUT2D eigenvalue weighted by Gasteiger charge is 2.22. The van der Waals surface area contributed by atoms with E-state index in [1.165, 1.54) is 5.56 Å². The molecule has 3 rings (SSSR count). The lowest BCUT2D eigenvalue weighted by molar-refractivity contribution is 0.102. The van der Waals surface area contributed by atoms with Gasteiger partial charge in [-0.15, -0.1) is 0 Å². The first-order chi connectivity index (χ1) is 9.74. The summed E-state index contributed by atoms with van der Waals surface area (Å²) in [5.41, 5.74) is 2.92. The molecule has 1 aliphatic rings. The molecule has 0 fully saturated rings. The zero-order valence-corrected chi connectivity index (χ0v) is 12.0. The monoisotopic (exact) mass is 265 g/mol. The zero-order valence-electron chi connectivity index (χ0n) is 12.0. The molecule has 0 saturated heterocycles. The van der Waals surface area contributed by atoms with Crippen molar-refractivity contribution in [1.29, 1.82) is 0 Å². The van der Waals surface area contributed by atoms with Crippen molar-refractivity contribution in [2.24, 2.45) is 0 Å². The van der Waals surface area contributed by atoms with Crippen LogP contribution in [0.1, 0.15) is 29.8 Å². The number of benzene rings is 2. The molecule has 2 aromatic carbocycles. The van der Waals surface area contributed by atoms with E-state index in [1.807, 2.05) is 12.1 Å². The van der Waals surface area contributed by atoms with E-state index in [-0.39, 0.29) is 5.78 Å². The minimum atomic E-state index is 0.182. The second-order valence-corrected chi connectivity index (χ2v) is 5.21. The van der Waals surface area contributed by atoms with Crippen molar-refractivity contribution in [3.63, 3.8) is 0 Å².